The summed E-state index contributed by atoms with van der Waals surface area (Å²) in [6, 6.07) is 116. The third-order valence-corrected chi connectivity index (χ3v) is 22.8. The molecule has 1 heteroatoms. The Morgan fingerprint density at radius 3 is 0.634 bits per heavy atom. The van der Waals surface area contributed by atoms with Crippen LogP contribution in [0.5, 0.6) is 0 Å². The van der Waals surface area contributed by atoms with Gasteiger partial charge in [0.2, 0.25) is 0 Å². The van der Waals surface area contributed by atoms with Gasteiger partial charge in [0.15, 0.2) is 8.07 Å². The van der Waals surface area contributed by atoms with Gasteiger partial charge >= 0.3 is 0 Å². The summed E-state index contributed by atoms with van der Waals surface area (Å²) in [6.45, 7) is 9.76. The Bertz CT molecular complexity index is 3880. The zero-order chi connectivity index (χ0) is 55.6. The molecule has 1 atom stereocenters. The largest absolute Gasteiger partial charge is 0.178 e. The van der Waals surface area contributed by atoms with E-state index >= 15 is 0 Å². The van der Waals surface area contributed by atoms with Gasteiger partial charge in [-0.3, -0.25) is 0 Å². The van der Waals surface area contributed by atoms with Crippen molar-refractivity contribution in [2.45, 2.75) is 27.7 Å². The average Bonchev–Trinajstić information content (AvgIpc) is 3.95. The minimum absolute atomic E-state index is 0.0828. The van der Waals surface area contributed by atoms with Crippen molar-refractivity contribution in [2.75, 3.05) is 0 Å². The second-order valence-electron chi connectivity index (χ2n) is 21.8. The molecule has 13 rings (SSSR count). The molecule has 0 fully saturated rings. The van der Waals surface area contributed by atoms with Gasteiger partial charge in [0, 0.05) is 0 Å². The first-order chi connectivity index (χ1) is 40.4. The maximum absolute atomic E-state index is 3.91. The fourth-order valence-corrected chi connectivity index (χ4v) is 19.9. The molecule has 0 amide bonds. The molecule has 0 saturated carbocycles. The highest BCUT2D eigenvalue weighted by molar-refractivity contribution is 7.18. The van der Waals surface area contributed by atoms with Crippen LogP contribution in [0, 0.1) is 5.92 Å². The molecule has 1 aliphatic rings. The minimum Gasteiger partial charge on any atom is -0.0636 e. The monoisotopic (exact) mass is 1060 g/mol. The summed E-state index contributed by atoms with van der Waals surface area (Å²) in [7, 11) is -3.91. The minimum atomic E-state index is -3.91. The second kappa shape index (κ2) is 22.5. The quantitative estimate of drug-likeness (QED) is 0.0797. The Balaban J connectivity index is 1.37. The van der Waals surface area contributed by atoms with Crippen LogP contribution >= 0.6 is 0 Å². The summed E-state index contributed by atoms with van der Waals surface area (Å²) in [5, 5.41) is 5.58. The molecule has 392 valence electrons. The van der Waals surface area contributed by atoms with E-state index in [4.69, 9.17) is 0 Å². The molecule has 0 aliphatic heterocycles. The molecule has 82 heavy (non-hydrogen) atoms. The lowest BCUT2D eigenvalue weighted by Gasteiger charge is -2.44. The first-order valence-corrected chi connectivity index (χ1v) is 30.8. The Hall–Kier alpha value is -9.66. The number of benzene rings is 12. The number of allylic oxidation sites excluding steroid dienone is 4. The van der Waals surface area contributed by atoms with Gasteiger partial charge in [-0.15, -0.1) is 0 Å². The molecule has 0 radical (unpaired) electrons. The van der Waals surface area contributed by atoms with Crippen LogP contribution in [0.2, 0.25) is 0 Å². The lowest BCUT2D eigenvalue weighted by Crippen LogP contribution is -2.71. The highest BCUT2D eigenvalue weighted by Gasteiger charge is 2.53. The van der Waals surface area contributed by atoms with Crippen molar-refractivity contribution in [1.82, 2.24) is 0 Å². The first kappa shape index (κ1) is 51.8. The van der Waals surface area contributed by atoms with E-state index in [1.165, 1.54) is 138 Å². The van der Waals surface area contributed by atoms with Crippen LogP contribution in [0.15, 0.2) is 331 Å². The molecule has 1 unspecified atom stereocenters. The van der Waals surface area contributed by atoms with Crippen molar-refractivity contribution >= 4 is 23.6 Å². The number of hydrogen-bond donors (Lipinski definition) is 0. The summed E-state index contributed by atoms with van der Waals surface area (Å²) in [4.78, 5) is 0. The number of rotatable bonds is 13. The van der Waals surface area contributed by atoms with E-state index in [1.807, 2.05) is 0 Å². The molecule has 0 nitrogen and oxygen atoms in total. The highest BCUT2D eigenvalue weighted by atomic mass is 28.3. The van der Waals surface area contributed by atoms with Gasteiger partial charge in [0.05, 0.1) is 0 Å². The second-order valence-corrected chi connectivity index (χ2v) is 25.5. The maximum Gasteiger partial charge on any atom is 0.178 e. The van der Waals surface area contributed by atoms with Crippen molar-refractivity contribution in [2.24, 2.45) is 5.92 Å². The van der Waals surface area contributed by atoms with Crippen molar-refractivity contribution in [3.8, 4) is 100 Å². The molecule has 0 bridgehead atoms. The molecular weight excluding hydrogens is 1000 g/mol. The highest BCUT2D eigenvalue weighted by Crippen LogP contribution is 2.50. The first-order valence-electron chi connectivity index (χ1n) is 28.8. The third kappa shape index (κ3) is 9.05. The van der Waals surface area contributed by atoms with Crippen LogP contribution < -0.4 is 15.6 Å². The van der Waals surface area contributed by atoms with Crippen LogP contribution in [0.25, 0.3) is 100 Å². The summed E-state index contributed by atoms with van der Waals surface area (Å²) >= 11 is 0. The van der Waals surface area contributed by atoms with E-state index in [-0.39, 0.29) is 5.92 Å². The van der Waals surface area contributed by atoms with Gasteiger partial charge in [0.1, 0.15) is 0 Å². The summed E-state index contributed by atoms with van der Waals surface area (Å²) in [6.07, 6.45) is 0. The van der Waals surface area contributed by atoms with Crippen LogP contribution in [0.1, 0.15) is 27.7 Å². The average molecular weight is 1070 g/mol. The molecule has 0 heterocycles. The lowest BCUT2D eigenvalue weighted by atomic mass is 9.87. The topological polar surface area (TPSA) is 0 Å². The van der Waals surface area contributed by atoms with E-state index in [0.29, 0.717) is 0 Å². The lowest BCUT2D eigenvalue weighted by molar-refractivity contribution is 0.852. The molecule has 0 spiro atoms. The SMILES string of the molecule is CC1=C(C)C(C)C([Si](c2ccc(-c3ccccc3)c(-c3ccccc3)c2-c2ccccc2)(c2ccc(-c3ccccc3)c(-c3ccccc3)c2-c2ccccc2)c2ccc(-c3ccccc3)c(-c3ccccc3)c2-c2ccccc2)=C1C. The molecule has 12 aromatic rings. The maximum atomic E-state index is 2.60. The standard InChI is InChI=1S/C81H64Si/c1-56-57(2)59(4)81(58(56)3)82(72-53-50-69(60-32-14-5-15-33-60)75(63-38-20-8-21-39-63)78(72)66-44-26-11-27-45-66,73-54-51-70(61-34-16-6-17-35-61)76(64-40-22-9-23-41-64)79(73)67-46-28-12-29-47-67)74-55-52-71(62-36-18-7-19-37-62)77(65-42-24-10-25-43-65)80(74)68-48-30-13-31-49-68/h5-55,58H,1-4H3. The summed E-state index contributed by atoms with van der Waals surface area (Å²) in [5.41, 5.74) is 25.9. The summed E-state index contributed by atoms with van der Waals surface area (Å²) < 4.78 is 0. The van der Waals surface area contributed by atoms with Gasteiger partial charge in [0.25, 0.3) is 0 Å². The van der Waals surface area contributed by atoms with Crippen molar-refractivity contribution < 1.29 is 0 Å². The Morgan fingerprint density at radius 1 is 0.220 bits per heavy atom. The Kier molecular flexibility index (Phi) is 14.2. The van der Waals surface area contributed by atoms with E-state index in [2.05, 4.69) is 337 Å². The predicted octanol–water partition coefficient (Wildman–Crippen LogP) is 20.0. The zero-order valence-corrected chi connectivity index (χ0v) is 48.0. The van der Waals surface area contributed by atoms with Crippen LogP contribution in [-0.4, -0.2) is 8.07 Å². The van der Waals surface area contributed by atoms with Gasteiger partial charge in [-0.25, -0.2) is 0 Å². The van der Waals surface area contributed by atoms with Crippen LogP contribution in [0.3, 0.4) is 0 Å². The van der Waals surface area contributed by atoms with Crippen molar-refractivity contribution in [1.29, 1.82) is 0 Å². The molecule has 1 aliphatic carbocycles. The van der Waals surface area contributed by atoms with E-state index in [9.17, 15) is 0 Å². The van der Waals surface area contributed by atoms with Crippen molar-refractivity contribution in [3.05, 3.63) is 331 Å². The molecule has 0 saturated heterocycles. The van der Waals surface area contributed by atoms with Gasteiger partial charge in [-0.1, -0.05) is 333 Å². The van der Waals surface area contributed by atoms with Crippen LogP contribution in [0.4, 0.5) is 0 Å². The van der Waals surface area contributed by atoms with Gasteiger partial charge < -0.3 is 0 Å². The zero-order valence-electron chi connectivity index (χ0n) is 47.0. The Labute approximate surface area is 485 Å². The van der Waals surface area contributed by atoms with Crippen molar-refractivity contribution in [3.63, 3.8) is 0 Å². The van der Waals surface area contributed by atoms with E-state index < -0.39 is 8.07 Å². The van der Waals surface area contributed by atoms with E-state index in [1.54, 1.807) is 0 Å². The molecule has 0 aromatic heterocycles. The van der Waals surface area contributed by atoms with Gasteiger partial charge in [-0.2, -0.15) is 0 Å². The number of hydrogen-bond acceptors (Lipinski definition) is 0. The summed E-state index contributed by atoms with van der Waals surface area (Å²) in [5.74, 6) is 0.0828. The molecule has 12 aromatic carbocycles. The molecular formula is C81H64Si. The van der Waals surface area contributed by atoms with Crippen LogP contribution in [-0.2, 0) is 0 Å². The predicted molar refractivity (Wildman–Crippen MR) is 353 cm³/mol. The Morgan fingerprint density at radius 2 is 0.427 bits per heavy atom. The molecule has 0 N–H and O–H groups in total. The smallest absolute Gasteiger partial charge is 0.0636 e. The fraction of sp³-hybridized carbons (Fsp3) is 0.0617. The van der Waals surface area contributed by atoms with E-state index in [0.717, 1.165) is 0 Å². The normalized spacial score (nSPS) is 13.4. The van der Waals surface area contributed by atoms with Gasteiger partial charge in [-0.05, 0) is 148 Å². The third-order valence-electron chi connectivity index (χ3n) is 17.5. The fourth-order valence-electron chi connectivity index (χ4n) is 13.6.